The van der Waals surface area contributed by atoms with E-state index in [0.29, 0.717) is 12.2 Å². The molecule has 0 saturated carbocycles. The largest absolute Gasteiger partial charge is 0.457 e. The van der Waals surface area contributed by atoms with E-state index in [-0.39, 0.29) is 0 Å². The molecule has 0 fully saturated rings. The zero-order chi connectivity index (χ0) is 17.8. The van der Waals surface area contributed by atoms with Gasteiger partial charge in [0.1, 0.15) is 17.3 Å². The molecule has 0 spiro atoms. The lowest BCUT2D eigenvalue weighted by atomic mass is 10.1. The highest BCUT2D eigenvalue weighted by Crippen LogP contribution is 2.23. The number of ether oxygens (including phenoxy) is 1. The van der Waals surface area contributed by atoms with Crippen LogP contribution in [0.3, 0.4) is 0 Å². The number of nitrogens with zero attached hydrogens (tertiary/aromatic N) is 1. The van der Waals surface area contributed by atoms with Gasteiger partial charge < -0.3 is 14.6 Å². The van der Waals surface area contributed by atoms with Crippen LogP contribution in [0, 0.1) is 0 Å². The molecule has 3 aromatic carbocycles. The number of hydrogen-bond acceptors (Lipinski definition) is 5. The fourth-order valence-electron chi connectivity index (χ4n) is 2.73. The van der Waals surface area contributed by atoms with Crippen LogP contribution in [0.5, 0.6) is 17.2 Å². The maximum atomic E-state index is 5.81. The number of benzene rings is 3. The predicted octanol–water partition coefficient (Wildman–Crippen LogP) is 4.13. The number of H-pyrrole nitrogens is 1. The van der Waals surface area contributed by atoms with Crippen LogP contribution >= 0.6 is 0 Å². The average molecular weight is 347 g/mol. The number of nitrogens with one attached hydrogen (secondary N) is 1. The first kappa shape index (κ1) is 16.1. The van der Waals surface area contributed by atoms with Gasteiger partial charge >= 0.3 is 0 Å². The molecule has 3 N–H and O–H groups in total. The minimum Gasteiger partial charge on any atom is -0.457 e. The summed E-state index contributed by atoms with van der Waals surface area (Å²) in [6, 6.07) is 23.1. The molecule has 4 rings (SSSR count). The number of fused-ring (bicyclic) bond motifs is 1. The Kier molecular flexibility index (Phi) is 4.51. The van der Waals surface area contributed by atoms with Gasteiger partial charge in [0.05, 0.1) is 11.0 Å². The van der Waals surface area contributed by atoms with Crippen LogP contribution in [-0.4, -0.2) is 9.97 Å². The molecule has 0 aliphatic rings. The van der Waals surface area contributed by atoms with Crippen LogP contribution < -0.4 is 15.5 Å². The van der Waals surface area contributed by atoms with Crippen molar-refractivity contribution in [3.8, 4) is 17.2 Å². The van der Waals surface area contributed by atoms with Crippen LogP contribution in [-0.2, 0) is 11.4 Å². The van der Waals surface area contributed by atoms with E-state index < -0.39 is 0 Å². The van der Waals surface area contributed by atoms with E-state index >= 15 is 0 Å². The number of aromatic amines is 1. The summed E-state index contributed by atoms with van der Waals surface area (Å²) in [7, 11) is 0. The number of rotatable bonds is 6. The molecule has 0 unspecified atom stereocenters. The Labute approximate surface area is 150 Å². The van der Waals surface area contributed by atoms with Gasteiger partial charge in [-0.25, -0.2) is 4.98 Å². The van der Waals surface area contributed by atoms with E-state index in [0.717, 1.165) is 33.9 Å². The SMILES string of the molecule is NOOc1ccc2nc(Cc3ccc(Oc4ccccc4)cc3)[nH]c2c1. The molecule has 0 atom stereocenters. The Hall–Kier alpha value is -3.35. The lowest BCUT2D eigenvalue weighted by Gasteiger charge is -2.06. The van der Waals surface area contributed by atoms with E-state index in [1.807, 2.05) is 60.7 Å². The first-order chi connectivity index (χ1) is 12.8. The normalized spacial score (nSPS) is 10.8. The number of aromatic nitrogens is 2. The Morgan fingerprint density at radius 3 is 2.35 bits per heavy atom. The van der Waals surface area contributed by atoms with Crippen molar-refractivity contribution >= 4 is 11.0 Å². The number of imidazole rings is 1. The number of para-hydroxylation sites is 1. The standard InChI is InChI=1S/C20H17N3O3/c21-26-25-17-10-11-18-19(13-17)23-20(22-18)12-14-6-8-16(9-7-14)24-15-4-2-1-3-5-15/h1-11,13H,12,21H2,(H,22,23). The van der Waals surface area contributed by atoms with Crippen molar-refractivity contribution in [1.29, 1.82) is 0 Å². The summed E-state index contributed by atoms with van der Waals surface area (Å²) in [6.07, 6.45) is 0.684. The number of nitrogens with two attached hydrogens (primary N) is 1. The fourth-order valence-corrected chi connectivity index (χ4v) is 2.73. The van der Waals surface area contributed by atoms with Gasteiger partial charge in [-0.15, -0.1) is 0 Å². The Morgan fingerprint density at radius 1 is 0.846 bits per heavy atom. The third-order valence-corrected chi connectivity index (χ3v) is 3.92. The molecule has 0 amide bonds. The van der Waals surface area contributed by atoms with E-state index in [1.54, 1.807) is 12.1 Å². The lowest BCUT2D eigenvalue weighted by molar-refractivity contribution is -0.211. The van der Waals surface area contributed by atoms with Gasteiger partial charge in [-0.2, -0.15) is 5.90 Å². The summed E-state index contributed by atoms with van der Waals surface area (Å²) in [5.74, 6) is 7.91. The maximum Gasteiger partial charge on any atom is 0.169 e. The summed E-state index contributed by atoms with van der Waals surface area (Å²) < 4.78 is 5.81. The molecule has 0 aliphatic heterocycles. The highest BCUT2D eigenvalue weighted by atomic mass is 17.3. The first-order valence-electron chi connectivity index (χ1n) is 8.14. The number of hydrogen-bond donors (Lipinski definition) is 2. The summed E-state index contributed by atoms with van der Waals surface area (Å²) in [5.41, 5.74) is 2.85. The van der Waals surface area contributed by atoms with Crippen LogP contribution in [0.15, 0.2) is 72.8 Å². The third-order valence-electron chi connectivity index (χ3n) is 3.92. The molecule has 1 heterocycles. The highest BCUT2D eigenvalue weighted by molar-refractivity contribution is 5.76. The van der Waals surface area contributed by atoms with Gasteiger partial charge in [-0.05, 0) is 42.0 Å². The van der Waals surface area contributed by atoms with Crippen LogP contribution in [0.2, 0.25) is 0 Å². The molecular formula is C20H17N3O3. The Morgan fingerprint density at radius 2 is 1.58 bits per heavy atom. The first-order valence-corrected chi connectivity index (χ1v) is 8.14. The van der Waals surface area contributed by atoms with E-state index in [4.69, 9.17) is 15.5 Å². The second kappa shape index (κ2) is 7.26. The monoisotopic (exact) mass is 347 g/mol. The fraction of sp³-hybridized carbons (Fsp3) is 0.0500. The highest BCUT2D eigenvalue weighted by Gasteiger charge is 2.06. The van der Waals surface area contributed by atoms with E-state index in [1.165, 1.54) is 0 Å². The smallest absolute Gasteiger partial charge is 0.169 e. The van der Waals surface area contributed by atoms with Crippen molar-refractivity contribution < 1.29 is 14.6 Å². The molecule has 0 bridgehead atoms. The summed E-state index contributed by atoms with van der Waals surface area (Å²) >= 11 is 0. The van der Waals surface area contributed by atoms with Crippen molar-refractivity contribution in [2.75, 3.05) is 0 Å². The van der Waals surface area contributed by atoms with Gasteiger partial charge in [0.15, 0.2) is 5.75 Å². The van der Waals surface area contributed by atoms with Gasteiger partial charge in [-0.1, -0.05) is 35.3 Å². The van der Waals surface area contributed by atoms with Crippen LogP contribution in [0.25, 0.3) is 11.0 Å². The Balaban J connectivity index is 1.47. The van der Waals surface area contributed by atoms with Gasteiger partial charge in [0.25, 0.3) is 0 Å². The zero-order valence-corrected chi connectivity index (χ0v) is 13.9. The molecule has 1 aromatic heterocycles. The minimum atomic E-state index is 0.512. The van der Waals surface area contributed by atoms with Gasteiger partial charge in [0.2, 0.25) is 0 Å². The molecule has 0 radical (unpaired) electrons. The molecule has 130 valence electrons. The topological polar surface area (TPSA) is 82.4 Å². The van der Waals surface area contributed by atoms with E-state index in [9.17, 15) is 0 Å². The Bertz CT molecular complexity index is 998. The summed E-state index contributed by atoms with van der Waals surface area (Å²) in [4.78, 5) is 16.9. The van der Waals surface area contributed by atoms with E-state index in [2.05, 4.69) is 15.0 Å². The zero-order valence-electron chi connectivity index (χ0n) is 13.9. The second-order valence-corrected chi connectivity index (χ2v) is 5.78. The molecule has 6 nitrogen and oxygen atoms in total. The molecule has 0 saturated heterocycles. The van der Waals surface area contributed by atoms with Crippen molar-refractivity contribution in [2.24, 2.45) is 5.90 Å². The van der Waals surface area contributed by atoms with Crippen molar-refractivity contribution in [2.45, 2.75) is 6.42 Å². The lowest BCUT2D eigenvalue weighted by Crippen LogP contribution is -2.02. The molecule has 6 heteroatoms. The molecular weight excluding hydrogens is 330 g/mol. The minimum absolute atomic E-state index is 0.512. The van der Waals surface area contributed by atoms with Crippen molar-refractivity contribution in [3.05, 3.63) is 84.2 Å². The second-order valence-electron chi connectivity index (χ2n) is 5.78. The summed E-state index contributed by atoms with van der Waals surface area (Å²) in [5, 5.41) is 0. The van der Waals surface area contributed by atoms with Gasteiger partial charge in [0, 0.05) is 12.5 Å². The molecule has 4 aromatic rings. The summed E-state index contributed by atoms with van der Waals surface area (Å²) in [6.45, 7) is 0. The van der Waals surface area contributed by atoms with Gasteiger partial charge in [-0.3, -0.25) is 0 Å². The predicted molar refractivity (Wildman–Crippen MR) is 97.8 cm³/mol. The molecule has 26 heavy (non-hydrogen) atoms. The van der Waals surface area contributed by atoms with Crippen molar-refractivity contribution in [1.82, 2.24) is 9.97 Å². The van der Waals surface area contributed by atoms with Crippen molar-refractivity contribution in [3.63, 3.8) is 0 Å². The molecule has 0 aliphatic carbocycles. The van der Waals surface area contributed by atoms with Crippen LogP contribution in [0.1, 0.15) is 11.4 Å². The quantitative estimate of drug-likeness (QED) is 0.405. The average Bonchev–Trinajstić information content (AvgIpc) is 3.06. The van der Waals surface area contributed by atoms with Crippen LogP contribution in [0.4, 0.5) is 0 Å². The maximum absolute atomic E-state index is 5.81. The third kappa shape index (κ3) is 3.66.